The van der Waals surface area contributed by atoms with Gasteiger partial charge in [-0.05, 0) is 47.3 Å². The first-order valence-electron chi connectivity index (χ1n) is 6.04. The van der Waals surface area contributed by atoms with Crippen LogP contribution in [0.1, 0.15) is 31.1 Å². The van der Waals surface area contributed by atoms with E-state index in [-0.39, 0.29) is 12.0 Å². The van der Waals surface area contributed by atoms with E-state index >= 15 is 0 Å². The summed E-state index contributed by atoms with van der Waals surface area (Å²) in [6, 6.07) is 3.63. The highest BCUT2D eigenvalue weighted by Crippen LogP contribution is 2.44. The maximum Gasteiger partial charge on any atom is 0.238 e. The number of fused-ring (bicyclic) bond motifs is 2. The summed E-state index contributed by atoms with van der Waals surface area (Å²) in [6.45, 7) is 0. The van der Waals surface area contributed by atoms with Crippen molar-refractivity contribution >= 4 is 15.9 Å². The molecular formula is C12H11BrN2O3. The molecule has 0 aromatic carbocycles. The molecular weight excluding hydrogens is 300 g/mol. The maximum atomic E-state index is 5.80. The summed E-state index contributed by atoms with van der Waals surface area (Å²) in [5, 5.41) is 3.97. The molecule has 2 bridgehead atoms. The Balaban J connectivity index is 1.62. The van der Waals surface area contributed by atoms with Crippen molar-refractivity contribution in [1.29, 1.82) is 0 Å². The van der Waals surface area contributed by atoms with Crippen molar-refractivity contribution in [2.24, 2.45) is 0 Å². The van der Waals surface area contributed by atoms with Gasteiger partial charge in [-0.15, -0.1) is 0 Å². The first-order valence-corrected chi connectivity index (χ1v) is 6.83. The molecule has 2 fully saturated rings. The summed E-state index contributed by atoms with van der Waals surface area (Å²) < 4.78 is 17.2. The number of hydrogen-bond donors (Lipinski definition) is 0. The molecule has 2 saturated heterocycles. The molecule has 2 aliphatic heterocycles. The van der Waals surface area contributed by atoms with Crippen LogP contribution in [0, 0.1) is 0 Å². The zero-order valence-electron chi connectivity index (χ0n) is 9.51. The van der Waals surface area contributed by atoms with Crippen molar-refractivity contribution in [3.8, 4) is 11.6 Å². The second-order valence-electron chi connectivity index (χ2n) is 4.78. The van der Waals surface area contributed by atoms with Crippen molar-refractivity contribution in [1.82, 2.24) is 10.1 Å². The fourth-order valence-corrected chi connectivity index (χ4v) is 3.12. The fourth-order valence-electron chi connectivity index (χ4n) is 2.82. The molecule has 0 N–H and O–H groups in total. The summed E-state index contributed by atoms with van der Waals surface area (Å²) in [4.78, 5) is 4.42. The van der Waals surface area contributed by atoms with Crippen LogP contribution in [0.5, 0.6) is 0 Å². The van der Waals surface area contributed by atoms with Gasteiger partial charge in [0.05, 0.1) is 18.1 Å². The molecule has 5 nitrogen and oxygen atoms in total. The highest BCUT2D eigenvalue weighted by Gasteiger charge is 2.44. The van der Waals surface area contributed by atoms with Crippen LogP contribution < -0.4 is 0 Å². The average Bonchev–Trinajstić information content (AvgIpc) is 3.12. The molecule has 0 radical (unpaired) electrons. The minimum atomic E-state index is 0.253. The lowest BCUT2D eigenvalue weighted by Gasteiger charge is -2.13. The summed E-state index contributed by atoms with van der Waals surface area (Å²) >= 11 is 3.26. The van der Waals surface area contributed by atoms with Crippen LogP contribution in [0.4, 0.5) is 0 Å². The van der Waals surface area contributed by atoms with Crippen molar-refractivity contribution < 1.29 is 13.7 Å². The lowest BCUT2D eigenvalue weighted by Crippen LogP contribution is -2.14. The highest BCUT2D eigenvalue weighted by molar-refractivity contribution is 9.10. The molecule has 6 heteroatoms. The molecule has 4 heterocycles. The van der Waals surface area contributed by atoms with E-state index in [0.29, 0.717) is 28.2 Å². The molecule has 94 valence electrons. The zero-order chi connectivity index (χ0) is 12.1. The predicted octanol–water partition coefficient (Wildman–Crippen LogP) is 3.13. The van der Waals surface area contributed by atoms with Crippen molar-refractivity contribution in [2.75, 3.05) is 0 Å². The van der Waals surface area contributed by atoms with E-state index in [9.17, 15) is 0 Å². The summed E-state index contributed by atoms with van der Waals surface area (Å²) in [7, 11) is 0. The summed E-state index contributed by atoms with van der Waals surface area (Å²) in [5.41, 5.74) is 0. The predicted molar refractivity (Wildman–Crippen MR) is 65.0 cm³/mol. The number of halogens is 1. The highest BCUT2D eigenvalue weighted by atomic mass is 79.9. The number of ether oxygens (including phenoxy) is 1. The molecule has 2 aliphatic rings. The number of nitrogens with zero attached hydrogens (tertiary/aromatic N) is 2. The molecule has 3 atom stereocenters. The van der Waals surface area contributed by atoms with E-state index in [1.54, 1.807) is 0 Å². The van der Waals surface area contributed by atoms with E-state index < -0.39 is 0 Å². The van der Waals surface area contributed by atoms with E-state index in [2.05, 4.69) is 26.1 Å². The van der Waals surface area contributed by atoms with Crippen molar-refractivity contribution in [2.45, 2.75) is 37.4 Å². The molecule has 18 heavy (non-hydrogen) atoms. The van der Waals surface area contributed by atoms with Crippen LogP contribution in [0.3, 0.4) is 0 Å². The molecule has 2 aromatic rings. The van der Waals surface area contributed by atoms with Gasteiger partial charge in [-0.3, -0.25) is 0 Å². The SMILES string of the molecule is Brc1ccc(-c2noc([C@@H]3C[C@H]4CC[C@H]3O4)n2)o1. The average molecular weight is 311 g/mol. The van der Waals surface area contributed by atoms with Gasteiger partial charge < -0.3 is 13.7 Å². The van der Waals surface area contributed by atoms with Crippen LogP contribution in [-0.2, 0) is 4.74 Å². The second-order valence-corrected chi connectivity index (χ2v) is 5.56. The van der Waals surface area contributed by atoms with Gasteiger partial charge in [0.15, 0.2) is 10.4 Å². The van der Waals surface area contributed by atoms with E-state index in [1.807, 2.05) is 12.1 Å². The first kappa shape index (κ1) is 10.8. The Labute approximate surface area is 112 Å². The molecule has 0 aliphatic carbocycles. The van der Waals surface area contributed by atoms with Crippen LogP contribution >= 0.6 is 15.9 Å². The van der Waals surface area contributed by atoms with Crippen LogP contribution in [0.2, 0.25) is 0 Å². The van der Waals surface area contributed by atoms with Crippen LogP contribution in [0.15, 0.2) is 25.7 Å². The van der Waals surface area contributed by atoms with E-state index in [1.165, 1.54) is 0 Å². The van der Waals surface area contributed by atoms with Gasteiger partial charge in [0.1, 0.15) is 0 Å². The Morgan fingerprint density at radius 3 is 2.89 bits per heavy atom. The normalized spacial score (nSPS) is 30.2. The van der Waals surface area contributed by atoms with Gasteiger partial charge in [-0.2, -0.15) is 4.98 Å². The van der Waals surface area contributed by atoms with Crippen molar-refractivity contribution in [3.05, 3.63) is 22.7 Å². The molecule has 0 amide bonds. The standard InChI is InChI=1S/C12H11BrN2O3/c13-10-4-3-9(17-10)11-14-12(18-15-11)7-5-6-1-2-8(7)16-6/h3-4,6-8H,1-2,5H2/t6-,7-,8-/m1/s1. The van der Waals surface area contributed by atoms with Crippen LogP contribution in [0.25, 0.3) is 11.6 Å². The number of rotatable bonds is 2. The van der Waals surface area contributed by atoms with Gasteiger partial charge in [0, 0.05) is 0 Å². The molecule has 0 unspecified atom stereocenters. The maximum absolute atomic E-state index is 5.80. The largest absolute Gasteiger partial charge is 0.446 e. The third-order valence-electron chi connectivity index (χ3n) is 3.66. The monoisotopic (exact) mass is 310 g/mol. The molecule has 0 saturated carbocycles. The molecule has 4 rings (SSSR count). The number of aromatic nitrogens is 2. The third-order valence-corrected chi connectivity index (χ3v) is 4.08. The quantitative estimate of drug-likeness (QED) is 0.852. The minimum Gasteiger partial charge on any atom is -0.446 e. The van der Waals surface area contributed by atoms with Gasteiger partial charge in [0.25, 0.3) is 0 Å². The topological polar surface area (TPSA) is 61.3 Å². The number of hydrogen-bond acceptors (Lipinski definition) is 5. The second kappa shape index (κ2) is 3.93. The number of furan rings is 1. The Morgan fingerprint density at radius 1 is 1.28 bits per heavy atom. The summed E-state index contributed by atoms with van der Waals surface area (Å²) in [5.74, 6) is 2.03. The third kappa shape index (κ3) is 1.63. The fraction of sp³-hybridized carbons (Fsp3) is 0.500. The Kier molecular flexibility index (Phi) is 2.35. The lowest BCUT2D eigenvalue weighted by atomic mass is 9.89. The molecule has 0 spiro atoms. The first-order chi connectivity index (χ1) is 8.79. The zero-order valence-corrected chi connectivity index (χ0v) is 11.1. The smallest absolute Gasteiger partial charge is 0.238 e. The summed E-state index contributed by atoms with van der Waals surface area (Å²) in [6.07, 6.45) is 3.89. The van der Waals surface area contributed by atoms with Gasteiger partial charge in [0.2, 0.25) is 11.7 Å². The Bertz CT molecular complexity index is 579. The Morgan fingerprint density at radius 2 is 2.22 bits per heavy atom. The van der Waals surface area contributed by atoms with Gasteiger partial charge in [-0.25, -0.2) is 0 Å². The van der Waals surface area contributed by atoms with Crippen LogP contribution in [-0.4, -0.2) is 22.3 Å². The van der Waals surface area contributed by atoms with Gasteiger partial charge in [-0.1, -0.05) is 5.16 Å². The van der Waals surface area contributed by atoms with E-state index in [4.69, 9.17) is 13.7 Å². The van der Waals surface area contributed by atoms with Gasteiger partial charge >= 0.3 is 0 Å². The Hall–Kier alpha value is -1.14. The lowest BCUT2D eigenvalue weighted by molar-refractivity contribution is 0.0974. The van der Waals surface area contributed by atoms with E-state index in [0.717, 1.165) is 19.3 Å². The molecule has 2 aromatic heterocycles. The minimum absolute atomic E-state index is 0.253. The van der Waals surface area contributed by atoms with Crippen molar-refractivity contribution in [3.63, 3.8) is 0 Å².